The second-order valence-electron chi connectivity index (χ2n) is 10.5. The molecular weight excluding hydrogens is 506 g/mol. The molecule has 4 rings (SSSR count). The molecule has 0 bridgehead atoms. The average molecular weight is 546 g/mol. The highest BCUT2D eigenvalue weighted by Gasteiger charge is 2.17. The van der Waals surface area contributed by atoms with Gasteiger partial charge in [0.15, 0.2) is 5.82 Å². The molecule has 1 fully saturated rings. The lowest BCUT2D eigenvalue weighted by molar-refractivity contribution is -0.121. The van der Waals surface area contributed by atoms with Crippen molar-refractivity contribution in [2.24, 2.45) is 11.7 Å². The molecule has 212 valence electrons. The van der Waals surface area contributed by atoms with Crippen LogP contribution in [-0.4, -0.2) is 47.0 Å². The van der Waals surface area contributed by atoms with E-state index in [1.165, 1.54) is 11.0 Å². The first-order valence-electron chi connectivity index (χ1n) is 13.6. The highest BCUT2D eigenvalue weighted by atomic mass is 16.2. The van der Waals surface area contributed by atoms with Crippen LogP contribution in [0.2, 0.25) is 0 Å². The first-order valence-corrected chi connectivity index (χ1v) is 13.6. The monoisotopic (exact) mass is 545 g/mol. The molecule has 1 aliphatic rings. The Morgan fingerprint density at radius 1 is 1.23 bits per heavy atom. The number of benzene rings is 2. The Morgan fingerprint density at radius 3 is 2.67 bits per heavy atom. The number of carbonyl (C=O) groups is 1. The van der Waals surface area contributed by atoms with Gasteiger partial charge in [0.1, 0.15) is 12.4 Å². The fourth-order valence-electron chi connectivity index (χ4n) is 4.71. The molecule has 0 spiro atoms. The number of rotatable bonds is 11. The van der Waals surface area contributed by atoms with Gasteiger partial charge in [0.05, 0.1) is 11.9 Å². The highest BCUT2D eigenvalue weighted by Crippen LogP contribution is 2.26. The molecule has 0 radical (unpaired) electrons. The van der Waals surface area contributed by atoms with E-state index in [-0.39, 0.29) is 36.7 Å². The molecule has 1 atom stereocenters. The maximum absolute atomic E-state index is 13.5. The maximum Gasteiger partial charge on any atom is 0.294 e. The number of nitrogen functional groups attached to an aromatic ring is 2. The maximum atomic E-state index is 13.5. The Labute approximate surface area is 234 Å². The SMILES string of the molecule is CC(C)Nc1ncc(-c2cc(N)cc(NCC3CCCNC3)c2)n(CC(=O)NCc2ccc(C(=N)N)cc2)c1=O. The third-order valence-corrected chi connectivity index (χ3v) is 6.78. The van der Waals surface area contributed by atoms with E-state index in [2.05, 4.69) is 26.3 Å². The highest BCUT2D eigenvalue weighted by molar-refractivity contribution is 5.94. The smallest absolute Gasteiger partial charge is 0.294 e. The molecule has 40 heavy (non-hydrogen) atoms. The number of hydrogen-bond acceptors (Lipinski definition) is 8. The molecule has 0 saturated carbocycles. The van der Waals surface area contributed by atoms with Crippen LogP contribution < -0.4 is 38.3 Å². The molecule has 1 amide bonds. The van der Waals surface area contributed by atoms with Crippen LogP contribution in [0.4, 0.5) is 17.2 Å². The van der Waals surface area contributed by atoms with Crippen molar-refractivity contribution in [2.75, 3.05) is 36.0 Å². The van der Waals surface area contributed by atoms with Gasteiger partial charge in [-0.3, -0.25) is 19.6 Å². The fourth-order valence-corrected chi connectivity index (χ4v) is 4.71. The number of piperidine rings is 1. The zero-order valence-corrected chi connectivity index (χ0v) is 23.1. The summed E-state index contributed by atoms with van der Waals surface area (Å²) in [7, 11) is 0. The van der Waals surface area contributed by atoms with Crippen LogP contribution in [0, 0.1) is 11.3 Å². The molecule has 1 aliphatic heterocycles. The summed E-state index contributed by atoms with van der Waals surface area (Å²) in [6.07, 6.45) is 3.93. The second-order valence-corrected chi connectivity index (χ2v) is 10.5. The third-order valence-electron chi connectivity index (χ3n) is 6.78. The van der Waals surface area contributed by atoms with Gasteiger partial charge in [-0.2, -0.15) is 0 Å². The molecule has 2 heterocycles. The van der Waals surface area contributed by atoms with Gasteiger partial charge >= 0.3 is 0 Å². The first-order chi connectivity index (χ1) is 19.2. The van der Waals surface area contributed by atoms with Gasteiger partial charge in [0.25, 0.3) is 5.56 Å². The largest absolute Gasteiger partial charge is 0.399 e. The molecule has 9 N–H and O–H groups in total. The molecule has 11 heteroatoms. The van der Waals surface area contributed by atoms with Crippen molar-refractivity contribution in [1.82, 2.24) is 20.2 Å². The Bertz CT molecular complexity index is 1390. The number of amides is 1. The Hall–Kier alpha value is -4.38. The van der Waals surface area contributed by atoms with Crippen molar-refractivity contribution in [3.8, 4) is 11.3 Å². The van der Waals surface area contributed by atoms with Crippen molar-refractivity contribution in [3.63, 3.8) is 0 Å². The molecule has 1 unspecified atom stereocenters. The Balaban J connectivity index is 1.57. The number of anilines is 3. The fraction of sp³-hybridized carbons (Fsp3) is 0.379. The summed E-state index contributed by atoms with van der Waals surface area (Å²) in [6, 6.07) is 12.6. The third kappa shape index (κ3) is 7.60. The summed E-state index contributed by atoms with van der Waals surface area (Å²) < 4.78 is 1.43. The van der Waals surface area contributed by atoms with Crippen LogP contribution in [0.25, 0.3) is 11.3 Å². The summed E-state index contributed by atoms with van der Waals surface area (Å²) in [6.45, 7) is 6.76. The number of nitrogens with zero attached hydrogens (tertiary/aromatic N) is 2. The van der Waals surface area contributed by atoms with Crippen molar-refractivity contribution < 1.29 is 4.79 Å². The van der Waals surface area contributed by atoms with Crippen molar-refractivity contribution in [3.05, 3.63) is 70.1 Å². The van der Waals surface area contributed by atoms with Crippen LogP contribution in [0.15, 0.2) is 53.5 Å². The minimum atomic E-state index is -0.391. The molecule has 1 aromatic heterocycles. The van der Waals surface area contributed by atoms with Crippen molar-refractivity contribution in [2.45, 2.75) is 45.8 Å². The van der Waals surface area contributed by atoms with E-state index in [1.807, 2.05) is 26.0 Å². The minimum Gasteiger partial charge on any atom is -0.399 e. The van der Waals surface area contributed by atoms with Gasteiger partial charge in [0.2, 0.25) is 5.91 Å². The topological polar surface area (TPSA) is 176 Å². The molecule has 11 nitrogen and oxygen atoms in total. The summed E-state index contributed by atoms with van der Waals surface area (Å²) >= 11 is 0. The minimum absolute atomic E-state index is 0.0104. The van der Waals surface area contributed by atoms with Crippen LogP contribution in [0.1, 0.15) is 37.8 Å². The van der Waals surface area contributed by atoms with Gasteiger partial charge < -0.3 is 32.7 Å². The number of amidine groups is 1. The number of nitrogens with one attached hydrogen (secondary N) is 5. The van der Waals surface area contributed by atoms with Gasteiger partial charge in [-0.1, -0.05) is 24.3 Å². The standard InChI is InChI=1S/C29H39N9O2/c1-18(2)37-28-29(40)38(17-26(39)35-14-19-5-7-21(8-6-19)27(31)32)25(16-36-28)22-10-23(30)12-24(11-22)34-15-20-4-3-9-33-13-20/h5-8,10-12,16,18,20,33-34H,3-4,9,13-15,17,30H2,1-2H3,(H3,31,32)(H,35,39)(H,36,37). The van der Waals surface area contributed by atoms with E-state index in [1.54, 1.807) is 36.5 Å². The summed E-state index contributed by atoms with van der Waals surface area (Å²) in [5.41, 5.74) is 15.4. The number of hydrogen-bond donors (Lipinski definition) is 7. The first kappa shape index (κ1) is 28.6. The Kier molecular flexibility index (Phi) is 9.39. The van der Waals surface area contributed by atoms with Crippen molar-refractivity contribution in [1.29, 1.82) is 5.41 Å². The van der Waals surface area contributed by atoms with E-state index in [0.29, 0.717) is 28.4 Å². The lowest BCUT2D eigenvalue weighted by atomic mass is 9.99. The lowest BCUT2D eigenvalue weighted by Crippen LogP contribution is -2.35. The lowest BCUT2D eigenvalue weighted by Gasteiger charge is -2.23. The second kappa shape index (κ2) is 13.1. The number of carbonyl (C=O) groups excluding carboxylic acids is 1. The van der Waals surface area contributed by atoms with Gasteiger partial charge in [0, 0.05) is 41.6 Å². The molecule has 0 aliphatic carbocycles. The van der Waals surface area contributed by atoms with Crippen LogP contribution in [0.5, 0.6) is 0 Å². The Morgan fingerprint density at radius 2 is 2.00 bits per heavy atom. The summed E-state index contributed by atoms with van der Waals surface area (Å²) in [5, 5.41) is 20.4. The quantitative estimate of drug-likeness (QED) is 0.109. The van der Waals surface area contributed by atoms with Crippen LogP contribution >= 0.6 is 0 Å². The van der Waals surface area contributed by atoms with Crippen LogP contribution in [-0.2, 0) is 17.9 Å². The van der Waals surface area contributed by atoms with Gasteiger partial charge in [-0.25, -0.2) is 4.98 Å². The predicted octanol–water partition coefficient (Wildman–Crippen LogP) is 2.32. The molecule has 3 aromatic rings. The number of nitrogens with two attached hydrogens (primary N) is 2. The molecular formula is C29H39N9O2. The summed E-state index contributed by atoms with van der Waals surface area (Å²) in [5.74, 6) is 0.366. The zero-order chi connectivity index (χ0) is 28.6. The van der Waals surface area contributed by atoms with Gasteiger partial charge in [-0.15, -0.1) is 0 Å². The van der Waals surface area contributed by atoms with E-state index in [0.717, 1.165) is 37.3 Å². The van der Waals surface area contributed by atoms with Gasteiger partial charge in [-0.05, 0) is 69.5 Å². The van der Waals surface area contributed by atoms with E-state index >= 15 is 0 Å². The van der Waals surface area contributed by atoms with Crippen molar-refractivity contribution >= 4 is 28.9 Å². The number of aromatic nitrogens is 2. The summed E-state index contributed by atoms with van der Waals surface area (Å²) in [4.78, 5) is 30.9. The predicted molar refractivity (Wildman–Crippen MR) is 160 cm³/mol. The normalized spacial score (nSPS) is 15.0. The molecule has 1 saturated heterocycles. The molecule has 2 aromatic carbocycles. The average Bonchev–Trinajstić information content (AvgIpc) is 2.93. The zero-order valence-electron chi connectivity index (χ0n) is 23.1. The van der Waals surface area contributed by atoms with E-state index < -0.39 is 5.56 Å². The van der Waals surface area contributed by atoms with Crippen LogP contribution in [0.3, 0.4) is 0 Å². The van der Waals surface area contributed by atoms with E-state index in [4.69, 9.17) is 16.9 Å². The van der Waals surface area contributed by atoms with E-state index in [9.17, 15) is 9.59 Å².